The molecule has 1 aromatic carbocycles. The highest BCUT2D eigenvalue weighted by molar-refractivity contribution is 7.92. The first kappa shape index (κ1) is 19.9. The summed E-state index contributed by atoms with van der Waals surface area (Å²) < 4.78 is 0. The molecule has 0 aliphatic rings. The smallest absolute Gasteiger partial charge is 0.0685 e. The molecule has 0 aromatic heterocycles. The number of nitrogens with zero attached hydrogens (tertiary/aromatic N) is 1. The summed E-state index contributed by atoms with van der Waals surface area (Å²) in [5.41, 5.74) is 1.33. The summed E-state index contributed by atoms with van der Waals surface area (Å²) in [6, 6.07) is 9.74. The molecule has 0 spiro atoms. The van der Waals surface area contributed by atoms with Crippen LogP contribution in [0.3, 0.4) is 0 Å². The zero-order valence-corrected chi connectivity index (χ0v) is 20.8. The van der Waals surface area contributed by atoms with E-state index in [2.05, 4.69) is 102 Å². The first-order valence-electron chi connectivity index (χ1n) is 8.44. The van der Waals surface area contributed by atoms with Gasteiger partial charge < -0.3 is 4.90 Å². The van der Waals surface area contributed by atoms with E-state index in [4.69, 9.17) is 0 Å². The highest BCUT2D eigenvalue weighted by Gasteiger charge is 2.62. The number of anilines is 1. The van der Waals surface area contributed by atoms with Crippen LogP contribution < -0.4 is 10.1 Å². The van der Waals surface area contributed by atoms with Crippen molar-refractivity contribution in [3.8, 4) is 0 Å². The second kappa shape index (κ2) is 6.07. The summed E-state index contributed by atoms with van der Waals surface area (Å²) in [5.74, 6) is 0. The van der Waals surface area contributed by atoms with Gasteiger partial charge in [0.2, 0.25) is 0 Å². The van der Waals surface area contributed by atoms with Crippen LogP contribution in [0.5, 0.6) is 0 Å². The fraction of sp³-hybridized carbons (Fsp3) is 0.647. The highest BCUT2D eigenvalue weighted by Crippen LogP contribution is 2.36. The second-order valence-electron chi connectivity index (χ2n) is 9.94. The predicted octanol–water partition coefficient (Wildman–Crippen LogP) is 4.66. The third-order valence-corrected chi connectivity index (χ3v) is 76.5. The van der Waals surface area contributed by atoms with E-state index in [9.17, 15) is 0 Å². The zero-order valence-electron chi connectivity index (χ0n) is 16.8. The van der Waals surface area contributed by atoms with Crippen molar-refractivity contribution in [2.75, 3.05) is 19.0 Å². The van der Waals surface area contributed by atoms with Gasteiger partial charge in [-0.2, -0.15) is 0 Å². The molecular formula is C17H37NSi4. The van der Waals surface area contributed by atoms with E-state index < -0.39 is 29.4 Å². The molecule has 1 rings (SSSR count). The van der Waals surface area contributed by atoms with E-state index in [-0.39, 0.29) is 0 Å². The van der Waals surface area contributed by atoms with Crippen LogP contribution in [0.4, 0.5) is 5.69 Å². The van der Waals surface area contributed by atoms with Crippen LogP contribution in [-0.2, 0) is 0 Å². The molecule has 1 aromatic rings. The van der Waals surface area contributed by atoms with Crippen molar-refractivity contribution < 1.29 is 0 Å². The average molecular weight is 368 g/mol. The van der Waals surface area contributed by atoms with Crippen molar-refractivity contribution >= 4 is 40.3 Å². The van der Waals surface area contributed by atoms with E-state index >= 15 is 0 Å². The predicted molar refractivity (Wildman–Crippen MR) is 116 cm³/mol. The molecule has 0 N–H and O–H groups in total. The minimum Gasteiger partial charge on any atom is -0.378 e. The Morgan fingerprint density at radius 1 is 0.591 bits per heavy atom. The Hall–Kier alpha value is -0.112. The Morgan fingerprint density at radius 2 is 0.909 bits per heavy atom. The van der Waals surface area contributed by atoms with Gasteiger partial charge in [0, 0.05) is 42.6 Å². The maximum atomic E-state index is 2.66. The molecule has 126 valence electrons. The second-order valence-corrected chi connectivity index (χ2v) is 50.3. The number of rotatable bonds is 5. The van der Waals surface area contributed by atoms with Crippen molar-refractivity contribution in [2.45, 2.75) is 58.9 Å². The largest absolute Gasteiger partial charge is 0.378 e. The van der Waals surface area contributed by atoms with E-state index in [0.29, 0.717) is 0 Å². The van der Waals surface area contributed by atoms with Crippen molar-refractivity contribution in [2.24, 2.45) is 0 Å². The molecule has 0 unspecified atom stereocenters. The van der Waals surface area contributed by atoms with Gasteiger partial charge in [-0.3, -0.25) is 0 Å². The lowest BCUT2D eigenvalue weighted by atomic mass is 10.3. The summed E-state index contributed by atoms with van der Waals surface area (Å²) >= 11 is 0. The molecule has 0 saturated heterocycles. The number of hydrogen-bond acceptors (Lipinski definition) is 1. The molecule has 0 heterocycles. The summed E-state index contributed by atoms with van der Waals surface area (Å²) in [5, 5.41) is 1.77. The quantitative estimate of drug-likeness (QED) is 0.684. The normalized spacial score (nSPS) is 14.1. The third kappa shape index (κ3) is 3.23. The summed E-state index contributed by atoms with van der Waals surface area (Å²) in [6.07, 6.45) is 0. The monoisotopic (exact) mass is 367 g/mol. The first-order chi connectivity index (χ1) is 9.66. The standard InChI is InChI=1S/C17H37NSi4/c1-18(2)16-12-14-17(15-13-16)22(19(3,4)5,20(6,7)8)21(9,10)11/h12-15H,1-11H3. The van der Waals surface area contributed by atoms with Crippen LogP contribution >= 0.6 is 0 Å². The van der Waals surface area contributed by atoms with Crippen molar-refractivity contribution in [1.29, 1.82) is 0 Å². The van der Waals surface area contributed by atoms with E-state index in [1.165, 1.54) is 5.69 Å². The van der Waals surface area contributed by atoms with Gasteiger partial charge in [-0.1, -0.05) is 76.2 Å². The summed E-state index contributed by atoms with van der Waals surface area (Å²) in [4.78, 5) is 2.21. The molecule has 5 heteroatoms. The number of benzene rings is 1. The van der Waals surface area contributed by atoms with E-state index in [0.717, 1.165) is 0 Å². The van der Waals surface area contributed by atoms with Gasteiger partial charge in [-0.05, 0) is 12.1 Å². The number of hydrogen-bond donors (Lipinski definition) is 0. The van der Waals surface area contributed by atoms with Crippen LogP contribution in [0.15, 0.2) is 24.3 Å². The van der Waals surface area contributed by atoms with Crippen molar-refractivity contribution in [3.05, 3.63) is 24.3 Å². The van der Waals surface area contributed by atoms with Gasteiger partial charge in [0.25, 0.3) is 0 Å². The highest BCUT2D eigenvalue weighted by atomic mass is 29.9. The van der Waals surface area contributed by atoms with Crippen molar-refractivity contribution in [1.82, 2.24) is 0 Å². The molecular weight excluding hydrogens is 331 g/mol. The lowest BCUT2D eigenvalue weighted by molar-refractivity contribution is 1.13. The Morgan fingerprint density at radius 3 is 1.14 bits per heavy atom. The van der Waals surface area contributed by atoms with Gasteiger partial charge in [-0.15, -0.1) is 0 Å². The van der Waals surface area contributed by atoms with Crippen LogP contribution in [0.2, 0.25) is 58.9 Å². The van der Waals surface area contributed by atoms with Gasteiger partial charge in [-0.25, -0.2) is 0 Å². The Bertz CT molecular complexity index is 465. The Kier molecular flexibility index (Phi) is 5.50. The van der Waals surface area contributed by atoms with Gasteiger partial charge in [0.05, 0.1) is 6.63 Å². The van der Waals surface area contributed by atoms with Crippen LogP contribution in [0, 0.1) is 0 Å². The molecule has 0 atom stereocenters. The fourth-order valence-corrected chi connectivity index (χ4v) is 106. The molecule has 0 aliphatic heterocycles. The van der Waals surface area contributed by atoms with E-state index in [1.54, 1.807) is 5.19 Å². The lowest BCUT2D eigenvalue weighted by Gasteiger charge is -2.57. The van der Waals surface area contributed by atoms with Gasteiger partial charge >= 0.3 is 0 Å². The van der Waals surface area contributed by atoms with Gasteiger partial charge in [0.15, 0.2) is 0 Å². The van der Waals surface area contributed by atoms with Gasteiger partial charge in [0.1, 0.15) is 0 Å². The molecule has 0 bridgehead atoms. The zero-order chi connectivity index (χ0) is 17.6. The molecule has 0 saturated carbocycles. The SMILES string of the molecule is CN(C)c1ccc([Si]([Si](C)(C)C)([Si](C)(C)C)[Si](C)(C)C)cc1. The lowest BCUT2D eigenvalue weighted by Crippen LogP contribution is -2.88. The van der Waals surface area contributed by atoms with Crippen LogP contribution in [-0.4, -0.2) is 43.5 Å². The minimum absolute atomic E-state index is 1.24. The van der Waals surface area contributed by atoms with Crippen LogP contribution in [0.25, 0.3) is 0 Å². The third-order valence-electron chi connectivity index (χ3n) is 5.19. The molecule has 0 aliphatic carbocycles. The first-order valence-corrected chi connectivity index (χ1v) is 23.9. The topological polar surface area (TPSA) is 3.24 Å². The maximum absolute atomic E-state index is 2.66. The Balaban J connectivity index is 3.71. The van der Waals surface area contributed by atoms with E-state index in [1.807, 2.05) is 0 Å². The molecule has 0 fully saturated rings. The summed E-state index contributed by atoms with van der Waals surface area (Å²) in [6.45, 7) is 22.5. The fourth-order valence-electron chi connectivity index (χ4n) is 5.68. The molecule has 0 radical (unpaired) electrons. The molecule has 22 heavy (non-hydrogen) atoms. The molecule has 1 nitrogen and oxygen atoms in total. The Labute approximate surface area is 142 Å². The minimum atomic E-state index is -1.44. The molecule has 0 amide bonds. The maximum Gasteiger partial charge on any atom is 0.0685 e. The average Bonchev–Trinajstić information content (AvgIpc) is 2.23. The van der Waals surface area contributed by atoms with Crippen molar-refractivity contribution in [3.63, 3.8) is 0 Å². The van der Waals surface area contributed by atoms with Crippen LogP contribution in [0.1, 0.15) is 0 Å². The summed E-state index contributed by atoms with van der Waals surface area (Å²) in [7, 11) is 0.535.